The summed E-state index contributed by atoms with van der Waals surface area (Å²) in [6, 6.07) is 11.3. The third kappa shape index (κ3) is 3.56. The second-order valence-electron chi connectivity index (χ2n) is 8.23. The van der Waals surface area contributed by atoms with Gasteiger partial charge in [-0.15, -0.1) is 0 Å². The standard InChI is InChI=1S/C24H28N2O4/c1-15(2)16-5-7-19(8-6-16)26-23(27)13-20(24(26)28)25-10-9-17-11-21(29-3)22(30-4)12-18(17)14-25/h5-8,11-12,15,20H,9-10,13-14H2,1-4H3/t20-/m0/s1. The first-order chi connectivity index (χ1) is 14.4. The van der Waals surface area contributed by atoms with Crippen LogP contribution in [0.25, 0.3) is 0 Å². The van der Waals surface area contributed by atoms with E-state index in [1.807, 2.05) is 36.4 Å². The van der Waals surface area contributed by atoms with Gasteiger partial charge >= 0.3 is 0 Å². The second kappa shape index (κ2) is 8.11. The highest BCUT2D eigenvalue weighted by molar-refractivity contribution is 6.22. The van der Waals surface area contributed by atoms with Gasteiger partial charge in [-0.05, 0) is 53.3 Å². The first-order valence-electron chi connectivity index (χ1n) is 10.4. The van der Waals surface area contributed by atoms with E-state index in [-0.39, 0.29) is 18.2 Å². The SMILES string of the molecule is COc1cc2c(cc1OC)CN([C@H]1CC(=O)N(c3ccc(C(C)C)cc3)C1=O)CC2. The Morgan fingerprint density at radius 3 is 2.20 bits per heavy atom. The molecule has 0 radical (unpaired) electrons. The molecule has 0 aliphatic carbocycles. The fourth-order valence-corrected chi connectivity index (χ4v) is 4.35. The molecule has 0 saturated carbocycles. The van der Waals surface area contributed by atoms with Crippen molar-refractivity contribution < 1.29 is 19.1 Å². The number of carbonyl (C=O) groups excluding carboxylic acids is 2. The molecule has 0 spiro atoms. The third-order valence-electron chi connectivity index (χ3n) is 6.13. The molecule has 0 unspecified atom stereocenters. The molecule has 2 amide bonds. The maximum absolute atomic E-state index is 13.2. The fourth-order valence-electron chi connectivity index (χ4n) is 4.35. The summed E-state index contributed by atoms with van der Waals surface area (Å²) in [4.78, 5) is 29.4. The van der Waals surface area contributed by atoms with Gasteiger partial charge in [0.15, 0.2) is 11.5 Å². The summed E-state index contributed by atoms with van der Waals surface area (Å²) < 4.78 is 10.8. The van der Waals surface area contributed by atoms with E-state index in [0.29, 0.717) is 29.6 Å². The average Bonchev–Trinajstić information content (AvgIpc) is 3.06. The van der Waals surface area contributed by atoms with Gasteiger partial charge in [0.25, 0.3) is 5.91 Å². The Morgan fingerprint density at radius 1 is 0.967 bits per heavy atom. The number of nitrogens with zero attached hydrogens (tertiary/aromatic N) is 2. The number of hydrogen-bond acceptors (Lipinski definition) is 5. The molecule has 1 fully saturated rings. The molecule has 0 aromatic heterocycles. The lowest BCUT2D eigenvalue weighted by atomic mass is 9.97. The fraction of sp³-hybridized carbons (Fsp3) is 0.417. The smallest absolute Gasteiger partial charge is 0.251 e. The molecule has 0 N–H and O–H groups in total. The monoisotopic (exact) mass is 408 g/mol. The van der Waals surface area contributed by atoms with Gasteiger partial charge in [-0.2, -0.15) is 0 Å². The third-order valence-corrected chi connectivity index (χ3v) is 6.13. The summed E-state index contributed by atoms with van der Waals surface area (Å²) >= 11 is 0. The molecule has 1 saturated heterocycles. The Morgan fingerprint density at radius 2 is 1.60 bits per heavy atom. The van der Waals surface area contributed by atoms with E-state index >= 15 is 0 Å². The summed E-state index contributed by atoms with van der Waals surface area (Å²) in [6.07, 6.45) is 1.02. The van der Waals surface area contributed by atoms with Gasteiger partial charge in [-0.3, -0.25) is 14.5 Å². The summed E-state index contributed by atoms with van der Waals surface area (Å²) in [7, 11) is 3.25. The van der Waals surface area contributed by atoms with E-state index < -0.39 is 6.04 Å². The molecule has 2 heterocycles. The van der Waals surface area contributed by atoms with Crippen molar-refractivity contribution in [1.82, 2.24) is 4.90 Å². The average molecular weight is 408 g/mol. The van der Waals surface area contributed by atoms with Crippen LogP contribution in [0.15, 0.2) is 36.4 Å². The normalized spacial score (nSPS) is 19.4. The minimum absolute atomic E-state index is 0.138. The topological polar surface area (TPSA) is 59.1 Å². The molecular weight excluding hydrogens is 380 g/mol. The van der Waals surface area contributed by atoms with Crippen molar-refractivity contribution in [3.63, 3.8) is 0 Å². The van der Waals surface area contributed by atoms with Gasteiger partial charge in [0.2, 0.25) is 5.91 Å². The number of imide groups is 1. The van der Waals surface area contributed by atoms with Crippen LogP contribution in [-0.2, 0) is 22.6 Å². The van der Waals surface area contributed by atoms with Gasteiger partial charge in [-0.25, -0.2) is 4.90 Å². The highest BCUT2D eigenvalue weighted by Gasteiger charge is 2.43. The van der Waals surface area contributed by atoms with Crippen LogP contribution in [0.4, 0.5) is 5.69 Å². The van der Waals surface area contributed by atoms with Gasteiger partial charge in [0, 0.05) is 13.1 Å². The molecular formula is C24H28N2O4. The van der Waals surface area contributed by atoms with Crippen LogP contribution >= 0.6 is 0 Å². The van der Waals surface area contributed by atoms with Crippen molar-refractivity contribution in [2.24, 2.45) is 0 Å². The van der Waals surface area contributed by atoms with E-state index in [9.17, 15) is 9.59 Å². The predicted octanol–water partition coefficient (Wildman–Crippen LogP) is 3.52. The van der Waals surface area contributed by atoms with Crippen LogP contribution in [0.3, 0.4) is 0 Å². The van der Waals surface area contributed by atoms with E-state index in [4.69, 9.17) is 9.47 Å². The largest absolute Gasteiger partial charge is 0.493 e. The number of amides is 2. The molecule has 1 atom stereocenters. The molecule has 6 heteroatoms. The maximum Gasteiger partial charge on any atom is 0.251 e. The van der Waals surface area contributed by atoms with Crippen LogP contribution in [0.1, 0.15) is 42.9 Å². The van der Waals surface area contributed by atoms with Crippen LogP contribution in [0.2, 0.25) is 0 Å². The first kappa shape index (κ1) is 20.4. The Balaban J connectivity index is 1.54. The van der Waals surface area contributed by atoms with E-state index in [1.165, 1.54) is 16.0 Å². The zero-order valence-electron chi connectivity index (χ0n) is 18.0. The van der Waals surface area contributed by atoms with E-state index in [0.717, 1.165) is 18.5 Å². The number of methoxy groups -OCH3 is 2. The molecule has 2 aromatic carbocycles. The van der Waals surface area contributed by atoms with Crippen LogP contribution < -0.4 is 14.4 Å². The predicted molar refractivity (Wildman–Crippen MR) is 115 cm³/mol. The number of carbonyl (C=O) groups is 2. The number of anilines is 1. The highest BCUT2D eigenvalue weighted by atomic mass is 16.5. The Hall–Kier alpha value is -2.86. The number of ether oxygens (including phenoxy) is 2. The van der Waals surface area contributed by atoms with Crippen molar-refractivity contribution in [3.8, 4) is 11.5 Å². The van der Waals surface area contributed by atoms with Crippen LogP contribution in [0, 0.1) is 0 Å². The molecule has 6 nitrogen and oxygen atoms in total. The van der Waals surface area contributed by atoms with Crippen molar-refractivity contribution in [2.75, 3.05) is 25.7 Å². The Bertz CT molecular complexity index is 968. The highest BCUT2D eigenvalue weighted by Crippen LogP contribution is 2.35. The van der Waals surface area contributed by atoms with Crippen molar-refractivity contribution in [2.45, 2.75) is 45.2 Å². The molecule has 2 aromatic rings. The molecule has 4 rings (SSSR count). The van der Waals surface area contributed by atoms with Gasteiger partial charge in [0.1, 0.15) is 0 Å². The molecule has 2 aliphatic heterocycles. The van der Waals surface area contributed by atoms with Crippen molar-refractivity contribution >= 4 is 17.5 Å². The number of benzene rings is 2. The van der Waals surface area contributed by atoms with Crippen LogP contribution in [0.5, 0.6) is 11.5 Å². The Labute approximate surface area is 177 Å². The Kier molecular flexibility index (Phi) is 5.52. The number of rotatable bonds is 5. The molecule has 158 valence electrons. The lowest BCUT2D eigenvalue weighted by Gasteiger charge is -2.32. The first-order valence-corrected chi connectivity index (χ1v) is 10.4. The van der Waals surface area contributed by atoms with E-state index in [2.05, 4.69) is 18.7 Å². The summed E-state index contributed by atoms with van der Waals surface area (Å²) in [6.45, 7) is 5.58. The lowest BCUT2D eigenvalue weighted by Crippen LogP contribution is -2.44. The molecule has 2 aliphatic rings. The minimum Gasteiger partial charge on any atom is -0.493 e. The maximum atomic E-state index is 13.2. The van der Waals surface area contributed by atoms with E-state index in [1.54, 1.807) is 14.2 Å². The number of fused-ring (bicyclic) bond motifs is 1. The van der Waals surface area contributed by atoms with Crippen molar-refractivity contribution in [3.05, 3.63) is 53.1 Å². The van der Waals surface area contributed by atoms with Gasteiger partial charge < -0.3 is 9.47 Å². The zero-order valence-corrected chi connectivity index (χ0v) is 18.0. The van der Waals surface area contributed by atoms with Crippen LogP contribution in [-0.4, -0.2) is 43.5 Å². The van der Waals surface area contributed by atoms with Gasteiger partial charge in [-0.1, -0.05) is 26.0 Å². The molecule has 0 bridgehead atoms. The lowest BCUT2D eigenvalue weighted by molar-refractivity contribution is -0.123. The number of hydrogen-bond donors (Lipinski definition) is 0. The minimum atomic E-state index is -0.427. The molecule has 30 heavy (non-hydrogen) atoms. The summed E-state index contributed by atoms with van der Waals surface area (Å²) in [5.41, 5.74) is 4.15. The quantitative estimate of drug-likeness (QED) is 0.709. The summed E-state index contributed by atoms with van der Waals surface area (Å²) in [5, 5.41) is 0. The second-order valence-corrected chi connectivity index (χ2v) is 8.23. The van der Waals surface area contributed by atoms with Crippen molar-refractivity contribution in [1.29, 1.82) is 0 Å². The van der Waals surface area contributed by atoms with Gasteiger partial charge in [0.05, 0.1) is 32.4 Å². The summed E-state index contributed by atoms with van der Waals surface area (Å²) in [5.74, 6) is 1.52. The zero-order chi connectivity index (χ0) is 21.4.